The number of hydrogen-bond donors (Lipinski definition) is 0. The summed E-state index contributed by atoms with van der Waals surface area (Å²) in [5.74, 6) is 0. The highest BCUT2D eigenvalue weighted by Gasteiger charge is 2.38. The van der Waals surface area contributed by atoms with Crippen LogP contribution >= 0.6 is 0 Å². The molecule has 5 heterocycles. The molecule has 0 amide bonds. The maximum atomic E-state index is 4.57. The zero-order chi connectivity index (χ0) is 36.0. The molecule has 5 nitrogen and oxygen atoms in total. The molecule has 0 atom stereocenters. The maximum Gasteiger partial charge on any atom is 0.0724 e. The summed E-state index contributed by atoms with van der Waals surface area (Å²) in [6, 6.07) is 55.2. The number of hydrogen-bond acceptors (Lipinski definition) is 3. The van der Waals surface area contributed by atoms with E-state index in [1.807, 2.05) is 24.8 Å². The number of para-hydroxylation sites is 2. The van der Waals surface area contributed by atoms with Gasteiger partial charge in [-0.25, -0.2) is 0 Å². The molecule has 0 saturated heterocycles. The second kappa shape index (κ2) is 11.5. The number of rotatable bonds is 4. The summed E-state index contributed by atoms with van der Waals surface area (Å²) < 4.78 is 4.72. The zero-order valence-corrected chi connectivity index (χ0v) is 30.0. The first-order chi connectivity index (χ1) is 26.6. The van der Waals surface area contributed by atoms with Gasteiger partial charge in [0.15, 0.2) is 0 Å². The van der Waals surface area contributed by atoms with E-state index in [0.717, 1.165) is 50.5 Å². The van der Waals surface area contributed by atoms with Crippen LogP contribution in [0.5, 0.6) is 0 Å². The van der Waals surface area contributed by atoms with E-state index >= 15 is 0 Å². The summed E-state index contributed by atoms with van der Waals surface area (Å²) in [5.41, 5.74) is 14.8. The SMILES string of the molecule is CC1(C)c2ccc(-n3c4ccccc4c4ccncc43)cc2N(c2ccc(-c3ccccc3)cc2)c2cc(-n3c4ccccc4c4ccncc43)ccc21. The Morgan fingerprint density at radius 3 is 1.39 bits per heavy atom. The largest absolute Gasteiger partial charge is 0.310 e. The van der Waals surface area contributed by atoms with Crippen molar-refractivity contribution in [3.8, 4) is 22.5 Å². The van der Waals surface area contributed by atoms with E-state index in [4.69, 9.17) is 0 Å². The molecule has 0 aliphatic carbocycles. The molecule has 0 bridgehead atoms. The monoisotopic (exact) mass is 693 g/mol. The molecule has 11 rings (SSSR count). The number of anilines is 3. The molecular weight excluding hydrogens is 659 g/mol. The third-order valence-electron chi connectivity index (χ3n) is 11.5. The highest BCUT2D eigenvalue weighted by Crippen LogP contribution is 2.53. The fourth-order valence-electron chi connectivity index (χ4n) is 8.92. The molecule has 256 valence electrons. The molecular formula is C49H35N5. The van der Waals surface area contributed by atoms with Gasteiger partial charge in [-0.3, -0.25) is 9.97 Å². The van der Waals surface area contributed by atoms with Crippen LogP contribution in [0.4, 0.5) is 17.1 Å². The van der Waals surface area contributed by atoms with Gasteiger partial charge in [-0.15, -0.1) is 0 Å². The van der Waals surface area contributed by atoms with Crippen LogP contribution in [0.2, 0.25) is 0 Å². The van der Waals surface area contributed by atoms with Gasteiger partial charge in [0, 0.05) is 56.4 Å². The Morgan fingerprint density at radius 1 is 0.407 bits per heavy atom. The van der Waals surface area contributed by atoms with Gasteiger partial charge in [0.05, 0.1) is 45.8 Å². The van der Waals surface area contributed by atoms with Crippen molar-refractivity contribution in [3.63, 3.8) is 0 Å². The van der Waals surface area contributed by atoms with Crippen molar-refractivity contribution < 1.29 is 0 Å². The smallest absolute Gasteiger partial charge is 0.0724 e. The van der Waals surface area contributed by atoms with E-state index in [1.54, 1.807) is 0 Å². The minimum absolute atomic E-state index is 0.271. The highest BCUT2D eigenvalue weighted by molar-refractivity contribution is 6.10. The maximum absolute atomic E-state index is 4.57. The number of benzene rings is 6. The lowest BCUT2D eigenvalue weighted by Crippen LogP contribution is -2.31. The predicted octanol–water partition coefficient (Wildman–Crippen LogP) is 12.4. The number of fused-ring (bicyclic) bond motifs is 8. The van der Waals surface area contributed by atoms with Crippen LogP contribution in [0, 0.1) is 0 Å². The molecule has 5 heteroatoms. The van der Waals surface area contributed by atoms with E-state index in [9.17, 15) is 0 Å². The lowest BCUT2D eigenvalue weighted by molar-refractivity contribution is 0.631. The number of pyridine rings is 2. The molecule has 1 aliphatic rings. The lowest BCUT2D eigenvalue weighted by atomic mass is 9.73. The normalized spacial score (nSPS) is 13.5. The summed E-state index contributed by atoms with van der Waals surface area (Å²) in [4.78, 5) is 11.6. The van der Waals surface area contributed by atoms with Crippen LogP contribution in [0.25, 0.3) is 66.1 Å². The topological polar surface area (TPSA) is 38.9 Å². The van der Waals surface area contributed by atoms with Gasteiger partial charge in [0.25, 0.3) is 0 Å². The van der Waals surface area contributed by atoms with E-state index in [2.05, 4.69) is 190 Å². The lowest BCUT2D eigenvalue weighted by Gasteiger charge is -2.42. The fraction of sp³-hybridized carbons (Fsp3) is 0.0612. The van der Waals surface area contributed by atoms with Gasteiger partial charge < -0.3 is 14.0 Å². The van der Waals surface area contributed by atoms with Gasteiger partial charge in [-0.1, -0.05) is 105 Å². The van der Waals surface area contributed by atoms with Crippen molar-refractivity contribution in [2.24, 2.45) is 0 Å². The molecule has 4 aromatic heterocycles. The highest BCUT2D eigenvalue weighted by atomic mass is 15.2. The van der Waals surface area contributed by atoms with E-state index in [-0.39, 0.29) is 5.41 Å². The van der Waals surface area contributed by atoms with Crippen molar-refractivity contribution in [1.29, 1.82) is 0 Å². The van der Waals surface area contributed by atoms with Crippen LogP contribution in [0.15, 0.2) is 176 Å². The zero-order valence-electron chi connectivity index (χ0n) is 30.0. The Labute approximate surface area is 313 Å². The number of nitrogens with zero attached hydrogens (tertiary/aromatic N) is 5. The minimum atomic E-state index is -0.271. The molecule has 6 aromatic carbocycles. The van der Waals surface area contributed by atoms with Gasteiger partial charge in [0.1, 0.15) is 0 Å². The van der Waals surface area contributed by atoms with Crippen molar-refractivity contribution >= 4 is 60.7 Å². The second-order valence-corrected chi connectivity index (χ2v) is 14.8. The molecule has 54 heavy (non-hydrogen) atoms. The van der Waals surface area contributed by atoms with E-state index < -0.39 is 0 Å². The van der Waals surface area contributed by atoms with Crippen LogP contribution in [-0.4, -0.2) is 19.1 Å². The van der Waals surface area contributed by atoms with Crippen LogP contribution in [0.1, 0.15) is 25.0 Å². The summed E-state index contributed by atoms with van der Waals surface area (Å²) in [7, 11) is 0. The Morgan fingerprint density at radius 2 is 0.852 bits per heavy atom. The van der Waals surface area contributed by atoms with Crippen molar-refractivity contribution in [2.75, 3.05) is 4.90 Å². The summed E-state index contributed by atoms with van der Waals surface area (Å²) in [6.07, 6.45) is 7.75. The van der Waals surface area contributed by atoms with E-state index in [0.29, 0.717) is 0 Å². The first-order valence-electron chi connectivity index (χ1n) is 18.5. The molecule has 0 saturated carbocycles. The number of aromatic nitrogens is 4. The third kappa shape index (κ3) is 4.39. The average molecular weight is 694 g/mol. The van der Waals surface area contributed by atoms with Gasteiger partial charge >= 0.3 is 0 Å². The second-order valence-electron chi connectivity index (χ2n) is 14.8. The average Bonchev–Trinajstić information content (AvgIpc) is 3.74. The molecule has 0 fully saturated rings. The quantitative estimate of drug-likeness (QED) is 0.184. The third-order valence-corrected chi connectivity index (χ3v) is 11.5. The minimum Gasteiger partial charge on any atom is -0.310 e. The Balaban J connectivity index is 1.17. The fourth-order valence-corrected chi connectivity index (χ4v) is 8.92. The van der Waals surface area contributed by atoms with Crippen molar-refractivity contribution in [3.05, 3.63) is 188 Å². The summed E-state index contributed by atoms with van der Waals surface area (Å²) >= 11 is 0. The molecule has 0 spiro atoms. The van der Waals surface area contributed by atoms with Crippen molar-refractivity contribution in [2.45, 2.75) is 19.3 Å². The molecule has 0 N–H and O–H groups in total. The predicted molar refractivity (Wildman–Crippen MR) is 223 cm³/mol. The van der Waals surface area contributed by atoms with Crippen molar-refractivity contribution in [1.82, 2.24) is 19.1 Å². The van der Waals surface area contributed by atoms with E-state index in [1.165, 1.54) is 43.8 Å². The molecule has 0 radical (unpaired) electrons. The van der Waals surface area contributed by atoms with Crippen LogP contribution in [-0.2, 0) is 5.41 Å². The Bertz CT molecular complexity index is 2800. The van der Waals surface area contributed by atoms with Gasteiger partial charge in [-0.05, 0) is 82.9 Å². The Hall–Kier alpha value is -6.98. The first-order valence-corrected chi connectivity index (χ1v) is 18.5. The summed E-state index contributed by atoms with van der Waals surface area (Å²) in [6.45, 7) is 4.71. The Kier molecular flexibility index (Phi) is 6.53. The van der Waals surface area contributed by atoms with Crippen LogP contribution in [0.3, 0.4) is 0 Å². The molecule has 1 aliphatic heterocycles. The first kappa shape index (κ1) is 30.6. The molecule has 0 unspecified atom stereocenters. The summed E-state index contributed by atoms with van der Waals surface area (Å²) in [5, 5.41) is 4.83. The van der Waals surface area contributed by atoms with Crippen LogP contribution < -0.4 is 4.90 Å². The standard InChI is InChI=1S/C49H35N5/c1-49(2)41-22-20-35(53-43-14-8-6-12-37(43)39-24-26-50-30-47(39)53)28-45(41)52(34-18-16-33(17-19-34)32-10-4-3-5-11-32)46-29-36(21-23-42(46)49)54-44-15-9-7-13-38(44)40-25-27-51-31-48(40)54/h3-31H,1-2H3. The van der Waals surface area contributed by atoms with Gasteiger partial charge in [0.2, 0.25) is 0 Å². The molecule has 10 aromatic rings. The van der Waals surface area contributed by atoms with Gasteiger partial charge in [-0.2, -0.15) is 0 Å².